The van der Waals surface area contributed by atoms with Gasteiger partial charge in [0.15, 0.2) is 0 Å². The minimum Gasteiger partial charge on any atom is -0.381 e. The summed E-state index contributed by atoms with van der Waals surface area (Å²) in [6, 6.07) is 24.9. The monoisotopic (exact) mass is 359 g/mol. The highest BCUT2D eigenvalue weighted by Gasteiger charge is 2.22. The molecule has 1 heterocycles. The second-order valence-corrected chi connectivity index (χ2v) is 7.12. The topological polar surface area (TPSA) is 44.4 Å². The van der Waals surface area contributed by atoms with Crippen molar-refractivity contribution in [2.24, 2.45) is 0 Å². The fourth-order valence-corrected chi connectivity index (χ4v) is 3.73. The van der Waals surface area contributed by atoms with Crippen LogP contribution in [0.1, 0.15) is 12.8 Å². The van der Waals surface area contributed by atoms with E-state index >= 15 is 0 Å². The normalized spacial score (nSPS) is 17.1. The number of carbonyl (C=O) groups is 1. The van der Waals surface area contributed by atoms with E-state index in [-0.39, 0.29) is 5.91 Å². The molecule has 1 unspecified atom stereocenters. The average Bonchev–Trinajstić information content (AvgIpc) is 3.15. The molecule has 4 nitrogen and oxygen atoms in total. The minimum atomic E-state index is 0.0748. The van der Waals surface area contributed by atoms with Gasteiger partial charge in [-0.2, -0.15) is 0 Å². The largest absolute Gasteiger partial charge is 0.381 e. The summed E-state index contributed by atoms with van der Waals surface area (Å²) in [7, 11) is 0. The molecule has 27 heavy (non-hydrogen) atoms. The zero-order valence-corrected chi connectivity index (χ0v) is 15.4. The first kappa shape index (κ1) is 17.6. The summed E-state index contributed by atoms with van der Waals surface area (Å²) >= 11 is 0. The first-order valence-corrected chi connectivity index (χ1v) is 9.59. The van der Waals surface area contributed by atoms with E-state index in [1.54, 1.807) is 0 Å². The molecule has 0 radical (unpaired) electrons. The maximum atomic E-state index is 12.4. The van der Waals surface area contributed by atoms with E-state index in [4.69, 9.17) is 0 Å². The van der Waals surface area contributed by atoms with Crippen LogP contribution in [-0.4, -0.2) is 36.5 Å². The Labute approximate surface area is 160 Å². The van der Waals surface area contributed by atoms with Crippen LogP contribution in [0.3, 0.4) is 0 Å². The lowest BCUT2D eigenvalue weighted by atomic mass is 10.1. The maximum Gasteiger partial charge on any atom is 0.225 e. The quantitative estimate of drug-likeness (QED) is 0.687. The molecule has 2 N–H and O–H groups in total. The fourth-order valence-electron chi connectivity index (χ4n) is 3.73. The average molecular weight is 359 g/mol. The van der Waals surface area contributed by atoms with Crippen molar-refractivity contribution in [3.05, 3.63) is 72.8 Å². The lowest BCUT2D eigenvalue weighted by Gasteiger charge is -2.17. The fraction of sp³-hybridized carbons (Fsp3) is 0.261. The molecule has 4 rings (SSSR count). The number of nitrogens with zero attached hydrogens (tertiary/aromatic N) is 1. The van der Waals surface area contributed by atoms with Crippen molar-refractivity contribution in [2.75, 3.05) is 30.3 Å². The molecule has 1 fully saturated rings. The van der Waals surface area contributed by atoms with Crippen LogP contribution in [0.25, 0.3) is 10.8 Å². The van der Waals surface area contributed by atoms with Crippen LogP contribution in [0.5, 0.6) is 0 Å². The number of likely N-dealkylation sites (tertiary alicyclic amines) is 1. The van der Waals surface area contributed by atoms with Gasteiger partial charge in [-0.25, -0.2) is 0 Å². The Bertz CT molecular complexity index is 904. The predicted molar refractivity (Wildman–Crippen MR) is 112 cm³/mol. The second kappa shape index (κ2) is 8.23. The number of para-hydroxylation sites is 1. The molecular formula is C23H25N3O. The molecular weight excluding hydrogens is 334 g/mol. The van der Waals surface area contributed by atoms with Gasteiger partial charge in [0.05, 0.1) is 0 Å². The number of fused-ring (bicyclic) bond motifs is 1. The molecule has 3 aromatic carbocycles. The number of rotatable bonds is 6. The van der Waals surface area contributed by atoms with Crippen molar-refractivity contribution in [2.45, 2.75) is 18.9 Å². The molecule has 3 aromatic rings. The summed E-state index contributed by atoms with van der Waals surface area (Å²) in [5, 5.41) is 8.88. The maximum absolute atomic E-state index is 12.4. The van der Waals surface area contributed by atoms with Crippen LogP contribution in [0.4, 0.5) is 11.4 Å². The van der Waals surface area contributed by atoms with E-state index in [1.165, 1.54) is 0 Å². The molecule has 1 saturated heterocycles. The van der Waals surface area contributed by atoms with Crippen LogP contribution < -0.4 is 10.6 Å². The molecule has 0 saturated carbocycles. The number of hydrogen-bond acceptors (Lipinski definition) is 3. The van der Waals surface area contributed by atoms with E-state index < -0.39 is 0 Å². The summed E-state index contributed by atoms with van der Waals surface area (Å²) in [5.74, 6) is 0.0748. The highest BCUT2D eigenvalue weighted by molar-refractivity contribution is 6.02. The standard InChI is InChI=1S/C23H25N3O/c27-23(25-22-12-6-8-18-7-4-5-11-21(18)22)14-16-26-15-13-20(17-26)24-19-9-2-1-3-10-19/h1-12,20,24H,13-17H2,(H,25,27). The molecule has 1 aliphatic rings. The zero-order valence-electron chi connectivity index (χ0n) is 15.4. The highest BCUT2D eigenvalue weighted by Crippen LogP contribution is 2.23. The molecule has 4 heteroatoms. The van der Waals surface area contributed by atoms with Crippen LogP contribution in [-0.2, 0) is 4.79 Å². The van der Waals surface area contributed by atoms with Gasteiger partial charge in [0.1, 0.15) is 0 Å². The van der Waals surface area contributed by atoms with Gasteiger partial charge in [-0.15, -0.1) is 0 Å². The van der Waals surface area contributed by atoms with Crippen molar-refractivity contribution >= 4 is 28.1 Å². The number of anilines is 2. The third-order valence-electron chi connectivity index (χ3n) is 5.14. The molecule has 0 bridgehead atoms. The summed E-state index contributed by atoms with van der Waals surface area (Å²) in [5.41, 5.74) is 2.06. The first-order valence-electron chi connectivity index (χ1n) is 9.59. The Morgan fingerprint density at radius 3 is 2.63 bits per heavy atom. The van der Waals surface area contributed by atoms with Crippen LogP contribution in [0, 0.1) is 0 Å². The van der Waals surface area contributed by atoms with Gasteiger partial charge < -0.3 is 15.5 Å². The van der Waals surface area contributed by atoms with Crippen molar-refractivity contribution < 1.29 is 4.79 Å². The van der Waals surface area contributed by atoms with Gasteiger partial charge in [0.2, 0.25) is 5.91 Å². The van der Waals surface area contributed by atoms with Crippen molar-refractivity contribution in [1.29, 1.82) is 0 Å². The van der Waals surface area contributed by atoms with Crippen LogP contribution >= 0.6 is 0 Å². The summed E-state index contributed by atoms with van der Waals surface area (Å²) in [6.45, 7) is 2.81. The Balaban J connectivity index is 1.27. The Kier molecular flexibility index (Phi) is 5.35. The molecule has 0 spiro atoms. The van der Waals surface area contributed by atoms with E-state index in [1.807, 2.05) is 48.5 Å². The number of carbonyl (C=O) groups excluding carboxylic acids is 1. The predicted octanol–water partition coefficient (Wildman–Crippen LogP) is 4.35. The Morgan fingerprint density at radius 1 is 0.963 bits per heavy atom. The van der Waals surface area contributed by atoms with Gasteiger partial charge in [-0.05, 0) is 30.0 Å². The molecule has 0 aliphatic carbocycles. The van der Waals surface area contributed by atoms with Crippen LogP contribution in [0.15, 0.2) is 72.8 Å². The van der Waals surface area contributed by atoms with E-state index in [2.05, 4.69) is 39.8 Å². The Morgan fingerprint density at radius 2 is 1.74 bits per heavy atom. The first-order chi connectivity index (χ1) is 13.3. The van der Waals surface area contributed by atoms with Gasteiger partial charge in [0, 0.05) is 48.9 Å². The third-order valence-corrected chi connectivity index (χ3v) is 5.14. The third kappa shape index (κ3) is 4.47. The number of hydrogen-bond donors (Lipinski definition) is 2. The van der Waals surface area contributed by atoms with Crippen LogP contribution in [0.2, 0.25) is 0 Å². The second-order valence-electron chi connectivity index (χ2n) is 7.12. The SMILES string of the molecule is O=C(CCN1CCC(Nc2ccccc2)C1)Nc1cccc2ccccc12. The lowest BCUT2D eigenvalue weighted by molar-refractivity contribution is -0.116. The molecule has 1 amide bonds. The summed E-state index contributed by atoms with van der Waals surface area (Å²) < 4.78 is 0. The van der Waals surface area contributed by atoms with E-state index in [9.17, 15) is 4.79 Å². The number of amides is 1. The van der Waals surface area contributed by atoms with Gasteiger partial charge in [-0.1, -0.05) is 54.6 Å². The molecule has 0 aromatic heterocycles. The zero-order chi connectivity index (χ0) is 18.5. The van der Waals surface area contributed by atoms with E-state index in [0.29, 0.717) is 12.5 Å². The number of benzene rings is 3. The molecule has 1 atom stereocenters. The van der Waals surface area contributed by atoms with Crippen molar-refractivity contribution in [1.82, 2.24) is 4.90 Å². The summed E-state index contributed by atoms with van der Waals surface area (Å²) in [4.78, 5) is 14.8. The highest BCUT2D eigenvalue weighted by atomic mass is 16.1. The summed E-state index contributed by atoms with van der Waals surface area (Å²) in [6.07, 6.45) is 1.63. The Hall–Kier alpha value is -2.85. The lowest BCUT2D eigenvalue weighted by Crippen LogP contribution is -2.29. The van der Waals surface area contributed by atoms with E-state index in [0.717, 1.165) is 48.2 Å². The smallest absolute Gasteiger partial charge is 0.225 e. The number of nitrogens with one attached hydrogen (secondary N) is 2. The van der Waals surface area contributed by atoms with Crippen molar-refractivity contribution in [3.8, 4) is 0 Å². The van der Waals surface area contributed by atoms with Gasteiger partial charge in [-0.3, -0.25) is 4.79 Å². The molecule has 138 valence electrons. The van der Waals surface area contributed by atoms with Gasteiger partial charge in [0.25, 0.3) is 0 Å². The van der Waals surface area contributed by atoms with Gasteiger partial charge >= 0.3 is 0 Å². The minimum absolute atomic E-state index is 0.0748. The van der Waals surface area contributed by atoms with Crippen molar-refractivity contribution in [3.63, 3.8) is 0 Å². The molecule has 1 aliphatic heterocycles.